The first kappa shape index (κ1) is 15.0. The summed E-state index contributed by atoms with van der Waals surface area (Å²) in [4.78, 5) is 14.9. The van der Waals surface area contributed by atoms with Gasteiger partial charge in [-0.3, -0.25) is 0 Å². The highest BCUT2D eigenvalue weighted by Gasteiger charge is 2.34. The Kier molecular flexibility index (Phi) is 4.54. The van der Waals surface area contributed by atoms with E-state index in [1.165, 1.54) is 7.11 Å². The van der Waals surface area contributed by atoms with Gasteiger partial charge in [0.1, 0.15) is 11.3 Å². The van der Waals surface area contributed by atoms with Gasteiger partial charge in [-0.05, 0) is 0 Å². The minimum atomic E-state index is -4.99. The second kappa shape index (κ2) is 5.74. The second-order valence-corrected chi connectivity index (χ2v) is 3.23. The van der Waals surface area contributed by atoms with Gasteiger partial charge in [0.25, 0.3) is 0 Å². The van der Waals surface area contributed by atoms with Gasteiger partial charge in [-0.25, -0.2) is 9.78 Å². The Labute approximate surface area is 106 Å². The smallest absolute Gasteiger partial charge is 0.495 e. The predicted octanol–water partition coefficient (Wildman–Crippen LogP) is 1.23. The number of ether oxygens (including phenoxy) is 3. The highest BCUT2D eigenvalue weighted by Crippen LogP contribution is 2.29. The lowest BCUT2D eigenvalue weighted by Crippen LogP contribution is -2.21. The van der Waals surface area contributed by atoms with E-state index in [2.05, 4.69) is 14.5 Å². The first-order valence-corrected chi connectivity index (χ1v) is 4.94. The van der Waals surface area contributed by atoms with E-state index >= 15 is 0 Å². The molecule has 2 N–H and O–H groups in total. The molecule has 0 saturated heterocycles. The van der Waals surface area contributed by atoms with Crippen molar-refractivity contribution in [3.05, 3.63) is 17.3 Å². The van der Waals surface area contributed by atoms with Crippen LogP contribution in [0.3, 0.4) is 0 Å². The molecule has 0 fully saturated rings. The van der Waals surface area contributed by atoms with Crippen LogP contribution in [0.1, 0.15) is 16.1 Å². The summed E-state index contributed by atoms with van der Waals surface area (Å²) in [6.07, 6.45) is -4.99. The fraction of sp³-hybridized carbons (Fsp3) is 0.400. The fourth-order valence-electron chi connectivity index (χ4n) is 1.28. The van der Waals surface area contributed by atoms with Gasteiger partial charge in [-0.2, -0.15) is 0 Å². The van der Waals surface area contributed by atoms with E-state index in [1.807, 2.05) is 0 Å². The number of methoxy groups -OCH3 is 2. The molecule has 9 heteroatoms. The number of nitrogens with zero attached hydrogens (tertiary/aromatic N) is 1. The van der Waals surface area contributed by atoms with Crippen molar-refractivity contribution in [3.8, 4) is 11.6 Å². The third-order valence-corrected chi connectivity index (χ3v) is 2.06. The van der Waals surface area contributed by atoms with Gasteiger partial charge in [0.15, 0.2) is 0 Å². The van der Waals surface area contributed by atoms with Crippen molar-refractivity contribution < 1.29 is 32.2 Å². The fourth-order valence-corrected chi connectivity index (χ4v) is 1.28. The molecule has 0 unspecified atom stereocenters. The Morgan fingerprint density at radius 2 is 2.05 bits per heavy atom. The Morgan fingerprint density at radius 1 is 1.42 bits per heavy atom. The molecule has 0 bridgehead atoms. The molecule has 1 heterocycles. The number of alkyl halides is 3. The molecule has 106 valence electrons. The molecule has 0 spiro atoms. The van der Waals surface area contributed by atoms with Gasteiger partial charge < -0.3 is 19.9 Å². The Balaban J connectivity index is 3.35. The molecular formula is C10H11F3N2O4. The van der Waals surface area contributed by atoms with Crippen molar-refractivity contribution in [2.24, 2.45) is 5.73 Å². The van der Waals surface area contributed by atoms with Crippen LogP contribution in [0.15, 0.2) is 6.07 Å². The maximum absolute atomic E-state index is 12.2. The first-order valence-electron chi connectivity index (χ1n) is 4.94. The topological polar surface area (TPSA) is 83.7 Å². The number of nitrogens with two attached hydrogens (primary N) is 1. The number of carbonyl (C=O) groups is 1. The van der Waals surface area contributed by atoms with Crippen LogP contribution in [0.2, 0.25) is 0 Å². The first-order chi connectivity index (χ1) is 8.82. The molecular weight excluding hydrogens is 269 g/mol. The molecule has 1 aromatic rings. The third kappa shape index (κ3) is 3.71. The van der Waals surface area contributed by atoms with E-state index in [1.54, 1.807) is 0 Å². The molecule has 1 aromatic heterocycles. The molecule has 0 aliphatic heterocycles. The minimum absolute atomic E-state index is 0.0226. The average molecular weight is 280 g/mol. The Bertz CT molecular complexity index is 477. The van der Waals surface area contributed by atoms with Crippen molar-refractivity contribution in [1.82, 2.24) is 4.98 Å². The summed E-state index contributed by atoms with van der Waals surface area (Å²) in [7, 11) is 2.28. The van der Waals surface area contributed by atoms with E-state index in [0.29, 0.717) is 0 Å². The Morgan fingerprint density at radius 3 is 2.47 bits per heavy atom. The van der Waals surface area contributed by atoms with Crippen LogP contribution in [0.4, 0.5) is 13.2 Å². The highest BCUT2D eigenvalue weighted by atomic mass is 19.4. The zero-order valence-electron chi connectivity index (χ0n) is 10.1. The summed E-state index contributed by atoms with van der Waals surface area (Å²) in [5.41, 5.74) is 4.84. The molecule has 1 rings (SSSR count). The average Bonchev–Trinajstić information content (AvgIpc) is 2.35. The summed E-state index contributed by atoms with van der Waals surface area (Å²) in [6, 6.07) is 1.03. The zero-order chi connectivity index (χ0) is 14.6. The molecule has 0 atom stereocenters. The van der Waals surface area contributed by atoms with E-state index in [9.17, 15) is 18.0 Å². The van der Waals surface area contributed by atoms with Crippen LogP contribution >= 0.6 is 0 Å². The number of rotatable bonds is 4. The molecule has 0 aromatic carbocycles. The summed E-state index contributed by atoms with van der Waals surface area (Å²) in [6.45, 7) is -0.182. The number of carbonyl (C=O) groups excluding carboxylic acids is 1. The standard InChI is InChI=1S/C10H11F3N2O4/c1-17-7-3-5(9(16)18-2)8(15-6(7)4-14)19-10(11,12)13/h3H,4,14H2,1-2H3. The van der Waals surface area contributed by atoms with Crippen molar-refractivity contribution >= 4 is 5.97 Å². The van der Waals surface area contributed by atoms with Crippen molar-refractivity contribution in [2.75, 3.05) is 14.2 Å². The molecule has 0 aliphatic rings. The maximum atomic E-state index is 12.2. The van der Waals surface area contributed by atoms with E-state index in [0.717, 1.165) is 13.2 Å². The number of hydrogen-bond donors (Lipinski definition) is 1. The van der Waals surface area contributed by atoms with Crippen LogP contribution in [-0.2, 0) is 11.3 Å². The monoisotopic (exact) mass is 280 g/mol. The largest absolute Gasteiger partial charge is 0.574 e. The minimum Gasteiger partial charge on any atom is -0.495 e. The molecule has 0 saturated carbocycles. The van der Waals surface area contributed by atoms with Gasteiger partial charge in [0.05, 0.1) is 19.9 Å². The number of halogens is 3. The van der Waals surface area contributed by atoms with E-state index in [4.69, 9.17) is 10.5 Å². The van der Waals surface area contributed by atoms with Gasteiger partial charge in [-0.15, -0.1) is 13.2 Å². The number of hydrogen-bond acceptors (Lipinski definition) is 6. The number of pyridine rings is 1. The van der Waals surface area contributed by atoms with Crippen LogP contribution in [0, 0.1) is 0 Å². The van der Waals surface area contributed by atoms with Crippen LogP contribution < -0.4 is 15.2 Å². The van der Waals surface area contributed by atoms with Crippen LogP contribution in [0.25, 0.3) is 0 Å². The molecule has 0 aliphatic carbocycles. The maximum Gasteiger partial charge on any atom is 0.574 e. The van der Waals surface area contributed by atoms with Crippen molar-refractivity contribution in [2.45, 2.75) is 12.9 Å². The highest BCUT2D eigenvalue weighted by molar-refractivity contribution is 5.92. The second-order valence-electron chi connectivity index (χ2n) is 3.23. The lowest BCUT2D eigenvalue weighted by Gasteiger charge is -2.14. The summed E-state index contributed by atoms with van der Waals surface area (Å²) in [5.74, 6) is -1.90. The SMILES string of the molecule is COC(=O)c1cc(OC)c(CN)nc1OC(F)(F)F. The summed E-state index contributed by atoms with van der Waals surface area (Å²) < 4.78 is 49.6. The normalized spacial score (nSPS) is 11.1. The molecule has 0 radical (unpaired) electrons. The summed E-state index contributed by atoms with van der Waals surface area (Å²) >= 11 is 0. The van der Waals surface area contributed by atoms with E-state index < -0.39 is 23.8 Å². The molecule has 6 nitrogen and oxygen atoms in total. The zero-order valence-corrected chi connectivity index (χ0v) is 10.1. The molecule has 19 heavy (non-hydrogen) atoms. The van der Waals surface area contributed by atoms with Gasteiger partial charge in [-0.1, -0.05) is 0 Å². The number of aromatic nitrogens is 1. The molecule has 0 amide bonds. The predicted molar refractivity (Wildman–Crippen MR) is 56.7 cm³/mol. The lowest BCUT2D eigenvalue weighted by molar-refractivity contribution is -0.276. The van der Waals surface area contributed by atoms with Crippen LogP contribution in [-0.4, -0.2) is 31.5 Å². The summed E-state index contributed by atoms with van der Waals surface area (Å²) in [5, 5.41) is 0. The van der Waals surface area contributed by atoms with Crippen molar-refractivity contribution in [1.29, 1.82) is 0 Å². The quantitative estimate of drug-likeness (QED) is 0.835. The van der Waals surface area contributed by atoms with Gasteiger partial charge in [0, 0.05) is 12.6 Å². The lowest BCUT2D eigenvalue weighted by atomic mass is 10.2. The van der Waals surface area contributed by atoms with Gasteiger partial charge >= 0.3 is 12.3 Å². The van der Waals surface area contributed by atoms with E-state index in [-0.39, 0.29) is 18.0 Å². The Hall–Kier alpha value is -2.03. The van der Waals surface area contributed by atoms with Crippen LogP contribution in [0.5, 0.6) is 11.6 Å². The van der Waals surface area contributed by atoms with Gasteiger partial charge in [0.2, 0.25) is 5.88 Å². The van der Waals surface area contributed by atoms with Crippen molar-refractivity contribution in [3.63, 3.8) is 0 Å². The third-order valence-electron chi connectivity index (χ3n) is 2.06. The number of esters is 1.